The number of nitrogens with zero attached hydrogens (tertiary/aromatic N) is 1. The van der Waals surface area contributed by atoms with Crippen molar-refractivity contribution in [2.45, 2.75) is 51.7 Å². The third kappa shape index (κ3) is 1.79. The molecule has 2 aliphatic rings. The monoisotopic (exact) mass is 273 g/mol. The van der Waals surface area contributed by atoms with Gasteiger partial charge in [0.2, 0.25) is 0 Å². The van der Waals surface area contributed by atoms with Crippen LogP contribution < -0.4 is 0 Å². The molecule has 1 saturated carbocycles. The van der Waals surface area contributed by atoms with E-state index in [0.29, 0.717) is 24.0 Å². The number of aryl methyl sites for hydroxylation is 2. The number of aliphatic hydroxyl groups is 1. The van der Waals surface area contributed by atoms with E-state index in [1.807, 2.05) is 26.0 Å². The maximum absolute atomic E-state index is 12.6. The van der Waals surface area contributed by atoms with Gasteiger partial charge in [-0.3, -0.25) is 14.5 Å². The average molecular weight is 273 g/mol. The predicted octanol–water partition coefficient (Wildman–Crippen LogP) is 2.20. The molecule has 4 heteroatoms. The molecule has 0 spiro atoms. The van der Waals surface area contributed by atoms with Gasteiger partial charge in [0.25, 0.3) is 11.8 Å². The summed E-state index contributed by atoms with van der Waals surface area (Å²) in [7, 11) is 0. The summed E-state index contributed by atoms with van der Waals surface area (Å²) in [5, 5.41) is 10.1. The number of aliphatic hydroxyl groups excluding tert-OH is 1. The first-order valence-corrected chi connectivity index (χ1v) is 7.18. The van der Waals surface area contributed by atoms with E-state index in [0.717, 1.165) is 24.0 Å². The molecule has 20 heavy (non-hydrogen) atoms. The second-order valence-electron chi connectivity index (χ2n) is 5.85. The van der Waals surface area contributed by atoms with Crippen LogP contribution in [0.2, 0.25) is 0 Å². The summed E-state index contributed by atoms with van der Waals surface area (Å²) in [4.78, 5) is 26.5. The van der Waals surface area contributed by atoms with Gasteiger partial charge >= 0.3 is 0 Å². The Hall–Kier alpha value is -1.68. The summed E-state index contributed by atoms with van der Waals surface area (Å²) < 4.78 is 0. The molecule has 1 aliphatic carbocycles. The SMILES string of the molecule is Cc1ccc(C)c2c1C(=O)N(C1CCCCC1O)C2=O. The molecule has 2 amide bonds. The number of rotatable bonds is 1. The third-order valence-electron chi connectivity index (χ3n) is 4.51. The first-order valence-electron chi connectivity index (χ1n) is 7.18. The van der Waals surface area contributed by atoms with Crippen LogP contribution in [0, 0.1) is 13.8 Å². The molecule has 2 unspecified atom stereocenters. The molecule has 106 valence electrons. The van der Waals surface area contributed by atoms with Gasteiger partial charge in [-0.05, 0) is 37.8 Å². The van der Waals surface area contributed by atoms with Crippen molar-refractivity contribution in [1.29, 1.82) is 0 Å². The zero-order chi connectivity index (χ0) is 14.4. The van der Waals surface area contributed by atoms with Crippen molar-refractivity contribution >= 4 is 11.8 Å². The van der Waals surface area contributed by atoms with Crippen LogP contribution in [-0.2, 0) is 0 Å². The van der Waals surface area contributed by atoms with Crippen molar-refractivity contribution in [3.8, 4) is 0 Å². The number of carbonyl (C=O) groups excluding carboxylic acids is 2. The van der Waals surface area contributed by atoms with E-state index in [9.17, 15) is 14.7 Å². The zero-order valence-corrected chi connectivity index (χ0v) is 11.8. The van der Waals surface area contributed by atoms with Crippen LogP contribution >= 0.6 is 0 Å². The van der Waals surface area contributed by atoms with Gasteiger partial charge in [0.15, 0.2) is 0 Å². The highest BCUT2D eigenvalue weighted by Crippen LogP contribution is 2.34. The van der Waals surface area contributed by atoms with Crippen molar-refractivity contribution in [3.63, 3.8) is 0 Å². The molecule has 1 aromatic carbocycles. The van der Waals surface area contributed by atoms with Crippen molar-refractivity contribution in [3.05, 3.63) is 34.4 Å². The van der Waals surface area contributed by atoms with Crippen molar-refractivity contribution in [1.82, 2.24) is 4.90 Å². The Labute approximate surface area is 118 Å². The van der Waals surface area contributed by atoms with Gasteiger partial charge in [-0.15, -0.1) is 0 Å². The molecule has 2 atom stereocenters. The number of hydrogen-bond donors (Lipinski definition) is 1. The van der Waals surface area contributed by atoms with Crippen LogP contribution in [0.4, 0.5) is 0 Å². The minimum atomic E-state index is -0.591. The molecule has 1 fully saturated rings. The van der Waals surface area contributed by atoms with Crippen LogP contribution in [0.15, 0.2) is 12.1 Å². The number of imide groups is 1. The first kappa shape index (κ1) is 13.3. The van der Waals surface area contributed by atoms with Crippen molar-refractivity contribution in [2.75, 3.05) is 0 Å². The number of hydrogen-bond acceptors (Lipinski definition) is 3. The minimum absolute atomic E-state index is 0.239. The highest BCUT2D eigenvalue weighted by Gasteiger charge is 2.44. The maximum atomic E-state index is 12.6. The summed E-state index contributed by atoms with van der Waals surface area (Å²) in [5.41, 5.74) is 2.70. The van der Waals surface area contributed by atoms with E-state index in [1.54, 1.807) is 0 Å². The van der Waals surface area contributed by atoms with Gasteiger partial charge in [0.1, 0.15) is 0 Å². The summed E-state index contributed by atoms with van der Waals surface area (Å²) >= 11 is 0. The fraction of sp³-hybridized carbons (Fsp3) is 0.500. The summed E-state index contributed by atoms with van der Waals surface area (Å²) in [5.74, 6) is -0.477. The highest BCUT2D eigenvalue weighted by molar-refractivity contribution is 6.22. The first-order chi connectivity index (χ1) is 9.52. The fourth-order valence-electron chi connectivity index (χ4n) is 3.39. The van der Waals surface area contributed by atoms with E-state index < -0.39 is 6.10 Å². The van der Waals surface area contributed by atoms with E-state index >= 15 is 0 Å². The Morgan fingerprint density at radius 3 is 2.00 bits per heavy atom. The van der Waals surface area contributed by atoms with E-state index in [4.69, 9.17) is 0 Å². The molecular weight excluding hydrogens is 254 g/mol. The Morgan fingerprint density at radius 2 is 1.50 bits per heavy atom. The third-order valence-corrected chi connectivity index (χ3v) is 4.51. The Morgan fingerprint density at radius 1 is 1.00 bits per heavy atom. The molecule has 4 nitrogen and oxygen atoms in total. The molecule has 3 rings (SSSR count). The number of benzene rings is 1. The van der Waals surface area contributed by atoms with Gasteiger partial charge in [0, 0.05) is 0 Å². The average Bonchev–Trinajstić information content (AvgIpc) is 2.68. The van der Waals surface area contributed by atoms with Crippen molar-refractivity contribution < 1.29 is 14.7 Å². The molecule has 0 saturated heterocycles. The second-order valence-corrected chi connectivity index (χ2v) is 5.85. The van der Waals surface area contributed by atoms with Crippen molar-refractivity contribution in [2.24, 2.45) is 0 Å². The largest absolute Gasteiger partial charge is 0.391 e. The number of fused-ring (bicyclic) bond motifs is 1. The van der Waals surface area contributed by atoms with Gasteiger partial charge in [-0.2, -0.15) is 0 Å². The van der Waals surface area contributed by atoms with Gasteiger partial charge in [-0.25, -0.2) is 0 Å². The Kier molecular flexibility index (Phi) is 3.13. The molecule has 0 radical (unpaired) electrons. The van der Waals surface area contributed by atoms with Gasteiger partial charge in [-0.1, -0.05) is 25.0 Å². The highest BCUT2D eigenvalue weighted by atomic mass is 16.3. The quantitative estimate of drug-likeness (QED) is 0.798. The lowest BCUT2D eigenvalue weighted by molar-refractivity contribution is 0.0203. The Bertz CT molecular complexity index is 553. The number of carbonyl (C=O) groups is 2. The van der Waals surface area contributed by atoms with E-state index in [1.165, 1.54) is 4.90 Å². The summed E-state index contributed by atoms with van der Waals surface area (Å²) in [6.07, 6.45) is 2.68. The smallest absolute Gasteiger partial charge is 0.262 e. The van der Waals surface area contributed by atoms with Crippen LogP contribution in [0.25, 0.3) is 0 Å². The van der Waals surface area contributed by atoms with Crippen LogP contribution in [0.1, 0.15) is 57.5 Å². The molecular formula is C16H19NO3. The molecule has 0 aromatic heterocycles. The standard InChI is InChI=1S/C16H19NO3/c1-9-7-8-10(2)14-13(9)15(19)17(16(14)20)11-5-3-4-6-12(11)18/h7-8,11-12,18H,3-6H2,1-2H3. The molecule has 1 aromatic rings. The van der Waals surface area contributed by atoms with Gasteiger partial charge < -0.3 is 5.11 Å². The lowest BCUT2D eigenvalue weighted by Crippen LogP contribution is -2.48. The van der Waals surface area contributed by atoms with Crippen LogP contribution in [0.5, 0.6) is 0 Å². The molecule has 1 N–H and O–H groups in total. The molecule has 1 heterocycles. The van der Waals surface area contributed by atoms with E-state index in [-0.39, 0.29) is 17.9 Å². The fourth-order valence-corrected chi connectivity index (χ4v) is 3.39. The summed E-state index contributed by atoms with van der Waals surface area (Å²) in [6.45, 7) is 3.70. The van der Waals surface area contributed by atoms with E-state index in [2.05, 4.69) is 0 Å². The van der Waals surface area contributed by atoms with Crippen LogP contribution in [0.3, 0.4) is 0 Å². The maximum Gasteiger partial charge on any atom is 0.262 e. The number of amides is 2. The molecule has 1 aliphatic heterocycles. The normalized spacial score (nSPS) is 26.1. The Balaban J connectivity index is 2.05. The lowest BCUT2D eigenvalue weighted by Gasteiger charge is -2.33. The minimum Gasteiger partial charge on any atom is -0.391 e. The lowest BCUT2D eigenvalue weighted by atomic mass is 9.91. The van der Waals surface area contributed by atoms with Crippen LogP contribution in [-0.4, -0.2) is 34.0 Å². The predicted molar refractivity (Wildman–Crippen MR) is 74.7 cm³/mol. The second kappa shape index (κ2) is 4.70. The topological polar surface area (TPSA) is 57.6 Å². The molecule has 0 bridgehead atoms. The van der Waals surface area contributed by atoms with Gasteiger partial charge in [0.05, 0.1) is 23.3 Å². The summed E-state index contributed by atoms with van der Waals surface area (Å²) in [6, 6.07) is 3.38. The zero-order valence-electron chi connectivity index (χ0n) is 11.8.